The van der Waals surface area contributed by atoms with Gasteiger partial charge in [-0.25, -0.2) is 14.6 Å². The predicted molar refractivity (Wildman–Crippen MR) is 124 cm³/mol. The quantitative estimate of drug-likeness (QED) is 0.437. The summed E-state index contributed by atoms with van der Waals surface area (Å²) in [6.07, 6.45) is 4.21. The maximum atomic E-state index is 13.8. The van der Waals surface area contributed by atoms with Crippen molar-refractivity contribution in [3.63, 3.8) is 0 Å². The lowest BCUT2D eigenvalue weighted by molar-refractivity contribution is -0.155. The number of fused-ring (bicyclic) bond motifs is 3. The van der Waals surface area contributed by atoms with Gasteiger partial charge in [0.05, 0.1) is 23.1 Å². The third kappa shape index (κ3) is 4.02. The number of carbonyl (C=O) groups excluding carboxylic acids is 1. The van der Waals surface area contributed by atoms with Crippen molar-refractivity contribution < 1.29 is 18.0 Å². The molecule has 0 radical (unpaired) electrons. The van der Waals surface area contributed by atoms with Crippen LogP contribution in [0.3, 0.4) is 0 Å². The van der Waals surface area contributed by atoms with Gasteiger partial charge in [-0.3, -0.25) is 9.78 Å². The molecule has 1 atom stereocenters. The molecule has 7 nitrogen and oxygen atoms in total. The number of alkyl halides is 3. The van der Waals surface area contributed by atoms with E-state index in [1.54, 1.807) is 6.20 Å². The highest BCUT2D eigenvalue weighted by Crippen LogP contribution is 2.43. The van der Waals surface area contributed by atoms with Gasteiger partial charge >= 0.3 is 6.18 Å². The van der Waals surface area contributed by atoms with Crippen LogP contribution in [0.15, 0.2) is 61.2 Å². The van der Waals surface area contributed by atoms with Crippen molar-refractivity contribution in [1.29, 1.82) is 0 Å². The van der Waals surface area contributed by atoms with Crippen LogP contribution in [0.1, 0.15) is 57.5 Å². The summed E-state index contributed by atoms with van der Waals surface area (Å²) in [7, 11) is 0. The van der Waals surface area contributed by atoms with Crippen molar-refractivity contribution in [2.24, 2.45) is 0 Å². The summed E-state index contributed by atoms with van der Waals surface area (Å²) in [6, 6.07) is 8.55. The van der Waals surface area contributed by atoms with Crippen LogP contribution < -0.4 is 5.32 Å². The number of amides is 1. The van der Waals surface area contributed by atoms with Crippen LogP contribution in [0.5, 0.6) is 0 Å². The highest BCUT2D eigenvalue weighted by Gasteiger charge is 2.43. The number of carbonyl (C=O) groups is 1. The van der Waals surface area contributed by atoms with E-state index in [2.05, 4.69) is 26.4 Å². The average molecular weight is 490 g/mol. The molecule has 0 bridgehead atoms. The fourth-order valence-electron chi connectivity index (χ4n) is 4.71. The summed E-state index contributed by atoms with van der Waals surface area (Å²) >= 11 is 0. The van der Waals surface area contributed by atoms with Crippen molar-refractivity contribution in [3.05, 3.63) is 89.1 Å². The largest absolute Gasteiger partial charge is 0.412 e. The zero-order valence-corrected chi connectivity index (χ0v) is 19.0. The third-order valence-electron chi connectivity index (χ3n) is 6.61. The van der Waals surface area contributed by atoms with Crippen LogP contribution in [0.4, 0.5) is 13.2 Å². The molecule has 36 heavy (non-hydrogen) atoms. The van der Waals surface area contributed by atoms with Crippen LogP contribution >= 0.6 is 0 Å². The Balaban J connectivity index is 1.37. The Labute approximate surface area is 204 Å². The molecule has 0 saturated heterocycles. The zero-order chi connectivity index (χ0) is 24.9. The number of halogens is 3. The fraction of sp³-hybridized carbons (Fsp3) is 0.269. The minimum atomic E-state index is -4.69. The first-order valence-electron chi connectivity index (χ1n) is 11.7. The molecule has 1 aromatic carbocycles. The molecule has 3 heterocycles. The maximum absolute atomic E-state index is 13.8. The molecule has 1 amide bonds. The Morgan fingerprint density at radius 1 is 1.03 bits per heavy atom. The Bertz CT molecular complexity index is 1450. The van der Waals surface area contributed by atoms with Gasteiger partial charge in [0, 0.05) is 35.6 Å². The normalized spacial score (nSPS) is 15.6. The predicted octanol–water partition coefficient (Wildman–Crippen LogP) is 4.73. The zero-order valence-electron chi connectivity index (χ0n) is 19.0. The summed E-state index contributed by atoms with van der Waals surface area (Å²) in [5.41, 5.74) is 4.56. The average Bonchev–Trinajstić information content (AvgIpc) is 3.64. The molecule has 4 aromatic rings. The van der Waals surface area contributed by atoms with Gasteiger partial charge in [0.1, 0.15) is 0 Å². The summed E-state index contributed by atoms with van der Waals surface area (Å²) in [6.45, 7) is 0. The third-order valence-corrected chi connectivity index (χ3v) is 6.61. The van der Waals surface area contributed by atoms with E-state index >= 15 is 0 Å². The molecule has 0 aliphatic heterocycles. The van der Waals surface area contributed by atoms with Gasteiger partial charge in [-0.15, -0.1) is 0 Å². The van der Waals surface area contributed by atoms with Gasteiger partial charge in [-0.2, -0.15) is 18.3 Å². The van der Waals surface area contributed by atoms with E-state index in [1.807, 2.05) is 18.2 Å². The second kappa shape index (κ2) is 8.54. The van der Waals surface area contributed by atoms with Gasteiger partial charge < -0.3 is 5.32 Å². The minimum Gasteiger partial charge on any atom is -0.337 e. The highest BCUT2D eigenvalue weighted by molar-refractivity contribution is 5.96. The van der Waals surface area contributed by atoms with E-state index in [-0.39, 0.29) is 17.0 Å². The Morgan fingerprint density at radius 3 is 2.58 bits per heavy atom. The lowest BCUT2D eigenvalue weighted by Gasteiger charge is -2.22. The standard InChI is InChI=1S/C26H21F3N6O/c27-26(28,29)23(18-5-3-11-30-12-18)34-24(36)20-14-32-35(22(20)16-8-9-16)25-31-13-17-10-7-15-4-1-2-6-19(15)21(17)33-25/h1-6,11-14,16,23H,7-10H2,(H,34,36)/t23-/m1/s1. The smallest absolute Gasteiger partial charge is 0.337 e. The fourth-order valence-corrected chi connectivity index (χ4v) is 4.71. The lowest BCUT2D eigenvalue weighted by atomic mass is 9.90. The number of aryl methyl sites for hydroxylation is 2. The number of pyridine rings is 1. The molecule has 1 N–H and O–H groups in total. The van der Waals surface area contributed by atoms with E-state index in [0.717, 1.165) is 48.7 Å². The van der Waals surface area contributed by atoms with E-state index in [9.17, 15) is 18.0 Å². The molecule has 2 aliphatic carbocycles. The Kier molecular flexibility index (Phi) is 5.31. The molecule has 182 valence electrons. The molecule has 3 aromatic heterocycles. The van der Waals surface area contributed by atoms with Gasteiger partial charge in [-0.1, -0.05) is 30.3 Å². The van der Waals surface area contributed by atoms with Crippen LogP contribution in [0, 0.1) is 0 Å². The van der Waals surface area contributed by atoms with Crippen LogP contribution in [0.2, 0.25) is 0 Å². The number of hydrogen-bond donors (Lipinski definition) is 1. The number of aromatic nitrogens is 5. The first-order valence-corrected chi connectivity index (χ1v) is 11.7. The highest BCUT2D eigenvalue weighted by atomic mass is 19.4. The van der Waals surface area contributed by atoms with Crippen LogP contribution in [0.25, 0.3) is 17.2 Å². The van der Waals surface area contributed by atoms with E-state index in [1.165, 1.54) is 34.8 Å². The molecular formula is C26H21F3N6O. The van der Waals surface area contributed by atoms with Gasteiger partial charge in [0.15, 0.2) is 6.04 Å². The molecule has 0 spiro atoms. The number of hydrogen-bond acceptors (Lipinski definition) is 5. The molecule has 6 rings (SSSR count). The van der Waals surface area contributed by atoms with Gasteiger partial charge in [0.25, 0.3) is 11.9 Å². The molecule has 1 saturated carbocycles. The van der Waals surface area contributed by atoms with Crippen molar-refractivity contribution in [2.45, 2.75) is 43.8 Å². The van der Waals surface area contributed by atoms with Crippen LogP contribution in [-0.4, -0.2) is 36.8 Å². The molecular weight excluding hydrogens is 469 g/mol. The van der Waals surface area contributed by atoms with E-state index < -0.39 is 18.1 Å². The van der Waals surface area contributed by atoms with Gasteiger partial charge in [-0.05, 0) is 42.9 Å². The second-order valence-corrected chi connectivity index (χ2v) is 9.07. The molecule has 1 fully saturated rings. The molecule has 10 heteroatoms. The Hall–Kier alpha value is -4.08. The van der Waals surface area contributed by atoms with Crippen LogP contribution in [-0.2, 0) is 12.8 Å². The SMILES string of the molecule is O=C(N[C@H](c1cccnc1)C(F)(F)F)c1cnn(-c2ncc3c(n2)-c2ccccc2CC3)c1C1CC1. The van der Waals surface area contributed by atoms with E-state index in [0.29, 0.717) is 11.6 Å². The maximum Gasteiger partial charge on any atom is 0.412 e. The summed E-state index contributed by atoms with van der Waals surface area (Å²) < 4.78 is 43.0. The number of rotatable bonds is 5. The summed E-state index contributed by atoms with van der Waals surface area (Å²) in [5.74, 6) is -0.549. The Morgan fingerprint density at radius 2 is 1.83 bits per heavy atom. The van der Waals surface area contributed by atoms with Crippen molar-refractivity contribution in [1.82, 2.24) is 30.0 Å². The molecule has 0 unspecified atom stereocenters. The number of benzene rings is 1. The minimum absolute atomic E-state index is 0.00268. The van der Waals surface area contributed by atoms with Crippen molar-refractivity contribution in [2.75, 3.05) is 0 Å². The topological polar surface area (TPSA) is 85.6 Å². The number of nitrogens with one attached hydrogen (secondary N) is 1. The summed E-state index contributed by atoms with van der Waals surface area (Å²) in [4.78, 5) is 26.2. The monoisotopic (exact) mass is 490 g/mol. The first kappa shape index (κ1) is 22.4. The molecule has 2 aliphatic rings. The van der Waals surface area contributed by atoms with Crippen molar-refractivity contribution in [3.8, 4) is 17.2 Å². The summed E-state index contributed by atoms with van der Waals surface area (Å²) in [5, 5.41) is 6.50. The second-order valence-electron chi connectivity index (χ2n) is 9.07. The van der Waals surface area contributed by atoms with Crippen molar-refractivity contribution >= 4 is 5.91 Å². The van der Waals surface area contributed by atoms with E-state index in [4.69, 9.17) is 4.98 Å². The number of nitrogens with zero attached hydrogens (tertiary/aromatic N) is 5. The lowest BCUT2D eigenvalue weighted by Crippen LogP contribution is -2.38. The first-order chi connectivity index (χ1) is 17.4. The van der Waals surface area contributed by atoms with Gasteiger partial charge in [0.2, 0.25) is 0 Å².